The standard InChI is InChI=1S/C20H17NO2/c1-11-6-7-12-4-2-3-5-15(12)18(11)21-19(22)16-13-8-9-14(10-13)17(16)20(21)23/h2-9,13-14,16-17H,10H2,1H3/t13-,14+,16-,17+. The van der Waals surface area contributed by atoms with E-state index in [9.17, 15) is 9.59 Å². The summed E-state index contributed by atoms with van der Waals surface area (Å²) in [6, 6.07) is 12.0. The van der Waals surface area contributed by atoms with Crippen LogP contribution >= 0.6 is 0 Å². The molecular weight excluding hydrogens is 286 g/mol. The predicted octanol–water partition coefficient (Wildman–Crippen LogP) is 3.46. The maximum absolute atomic E-state index is 13.1. The highest BCUT2D eigenvalue weighted by Gasteiger charge is 2.59. The summed E-state index contributed by atoms with van der Waals surface area (Å²) in [7, 11) is 0. The fraction of sp³-hybridized carbons (Fsp3) is 0.300. The first-order chi connectivity index (χ1) is 11.2. The number of hydrogen-bond donors (Lipinski definition) is 0. The van der Waals surface area contributed by atoms with Crippen molar-refractivity contribution in [2.24, 2.45) is 23.7 Å². The van der Waals surface area contributed by atoms with Crippen molar-refractivity contribution in [2.75, 3.05) is 4.90 Å². The largest absolute Gasteiger partial charge is 0.274 e. The molecule has 3 aliphatic rings. The van der Waals surface area contributed by atoms with Gasteiger partial charge in [0.05, 0.1) is 17.5 Å². The van der Waals surface area contributed by atoms with E-state index in [1.807, 2.05) is 43.3 Å². The van der Waals surface area contributed by atoms with Crippen LogP contribution in [0.15, 0.2) is 48.6 Å². The summed E-state index contributed by atoms with van der Waals surface area (Å²) in [6.45, 7) is 1.98. The second kappa shape index (κ2) is 4.31. The minimum atomic E-state index is -0.143. The molecule has 0 unspecified atom stereocenters. The normalized spacial score (nSPS) is 31.4. The predicted molar refractivity (Wildman–Crippen MR) is 88.9 cm³/mol. The maximum Gasteiger partial charge on any atom is 0.238 e. The van der Waals surface area contributed by atoms with Crippen molar-refractivity contribution in [3.8, 4) is 0 Å². The molecule has 2 aromatic carbocycles. The molecule has 0 radical (unpaired) electrons. The summed E-state index contributed by atoms with van der Waals surface area (Å²) in [4.78, 5) is 27.6. The number of carbonyl (C=O) groups is 2. The Morgan fingerprint density at radius 2 is 1.57 bits per heavy atom. The molecule has 2 aromatic rings. The lowest BCUT2D eigenvalue weighted by atomic mass is 9.85. The molecule has 4 atom stereocenters. The second-order valence-corrected chi connectivity index (χ2v) is 6.96. The number of benzene rings is 2. The van der Waals surface area contributed by atoms with Crippen LogP contribution in [0.1, 0.15) is 12.0 Å². The summed E-state index contributed by atoms with van der Waals surface area (Å²) in [6.07, 6.45) is 5.24. The van der Waals surface area contributed by atoms with E-state index in [0.717, 1.165) is 28.4 Å². The van der Waals surface area contributed by atoms with Gasteiger partial charge in [-0.3, -0.25) is 9.59 Å². The molecule has 2 bridgehead atoms. The Labute approximate surface area is 134 Å². The zero-order chi connectivity index (χ0) is 15.7. The Bertz CT molecular complexity index is 868. The number of amides is 2. The Kier molecular flexibility index (Phi) is 2.45. The van der Waals surface area contributed by atoms with Crippen molar-refractivity contribution < 1.29 is 9.59 Å². The van der Waals surface area contributed by atoms with Crippen LogP contribution in [0.25, 0.3) is 10.8 Å². The Morgan fingerprint density at radius 1 is 0.913 bits per heavy atom. The van der Waals surface area contributed by atoms with Crippen LogP contribution in [0.3, 0.4) is 0 Å². The molecule has 114 valence electrons. The summed E-state index contributed by atoms with van der Waals surface area (Å²) < 4.78 is 0. The van der Waals surface area contributed by atoms with Crippen LogP contribution in [0.4, 0.5) is 5.69 Å². The van der Waals surface area contributed by atoms with E-state index in [0.29, 0.717) is 0 Å². The van der Waals surface area contributed by atoms with Gasteiger partial charge in [-0.25, -0.2) is 4.90 Å². The molecule has 0 N–H and O–H groups in total. The van der Waals surface area contributed by atoms with Gasteiger partial charge in [-0.1, -0.05) is 48.6 Å². The third-order valence-electron chi connectivity index (χ3n) is 5.80. The van der Waals surface area contributed by atoms with Gasteiger partial charge in [-0.05, 0) is 36.1 Å². The lowest BCUT2D eigenvalue weighted by molar-refractivity contribution is -0.123. The topological polar surface area (TPSA) is 37.4 Å². The van der Waals surface area contributed by atoms with Crippen LogP contribution in [-0.2, 0) is 9.59 Å². The third-order valence-corrected chi connectivity index (χ3v) is 5.80. The van der Waals surface area contributed by atoms with Gasteiger partial charge in [-0.15, -0.1) is 0 Å². The van der Waals surface area contributed by atoms with Crippen molar-refractivity contribution >= 4 is 28.3 Å². The molecule has 1 heterocycles. The van der Waals surface area contributed by atoms with Crippen LogP contribution in [0, 0.1) is 30.6 Å². The molecule has 1 saturated heterocycles. The summed E-state index contributed by atoms with van der Waals surface area (Å²) in [5.74, 6) is 0.211. The summed E-state index contributed by atoms with van der Waals surface area (Å²) in [5.41, 5.74) is 1.76. The van der Waals surface area contributed by atoms with E-state index in [4.69, 9.17) is 0 Å². The number of carbonyl (C=O) groups excluding carboxylic acids is 2. The van der Waals surface area contributed by atoms with Gasteiger partial charge in [0.25, 0.3) is 0 Å². The van der Waals surface area contributed by atoms with E-state index < -0.39 is 0 Å². The van der Waals surface area contributed by atoms with Crippen LogP contribution in [-0.4, -0.2) is 11.8 Å². The van der Waals surface area contributed by atoms with Gasteiger partial charge < -0.3 is 0 Å². The van der Waals surface area contributed by atoms with E-state index >= 15 is 0 Å². The number of anilines is 1. The molecule has 1 aliphatic heterocycles. The van der Waals surface area contributed by atoms with E-state index in [1.54, 1.807) is 0 Å². The van der Waals surface area contributed by atoms with Crippen LogP contribution in [0.2, 0.25) is 0 Å². The Morgan fingerprint density at radius 3 is 2.26 bits per heavy atom. The Hall–Kier alpha value is -2.42. The zero-order valence-corrected chi connectivity index (χ0v) is 12.9. The third kappa shape index (κ3) is 1.55. The number of hydrogen-bond acceptors (Lipinski definition) is 2. The highest BCUT2D eigenvalue weighted by Crippen LogP contribution is 2.53. The smallest absolute Gasteiger partial charge is 0.238 e. The Balaban J connectivity index is 1.71. The molecular formula is C20H17NO2. The van der Waals surface area contributed by atoms with Crippen molar-refractivity contribution in [1.29, 1.82) is 0 Å². The average Bonchev–Trinajstić information content (AvgIpc) is 3.23. The lowest BCUT2D eigenvalue weighted by Gasteiger charge is -2.21. The molecule has 3 nitrogen and oxygen atoms in total. The minimum Gasteiger partial charge on any atom is -0.274 e. The molecule has 5 rings (SSSR count). The van der Waals surface area contributed by atoms with Crippen LogP contribution < -0.4 is 4.90 Å². The highest BCUT2D eigenvalue weighted by atomic mass is 16.2. The summed E-state index contributed by atoms with van der Waals surface area (Å²) in [5, 5.41) is 2.04. The molecule has 3 heteroatoms. The number of rotatable bonds is 1. The van der Waals surface area contributed by atoms with E-state index in [-0.39, 0.29) is 35.5 Å². The first-order valence-corrected chi connectivity index (χ1v) is 8.21. The van der Waals surface area contributed by atoms with Gasteiger partial charge in [-0.2, -0.15) is 0 Å². The number of allylic oxidation sites excluding steroid dienone is 2. The molecule has 0 spiro atoms. The molecule has 2 amide bonds. The maximum atomic E-state index is 13.1. The molecule has 23 heavy (non-hydrogen) atoms. The van der Waals surface area contributed by atoms with Crippen molar-refractivity contribution in [3.05, 3.63) is 54.1 Å². The van der Waals surface area contributed by atoms with E-state index in [2.05, 4.69) is 12.2 Å². The SMILES string of the molecule is Cc1ccc2ccccc2c1N1C(=O)[C@@H]2[C@H](C1=O)[C@@H]1C=C[C@H]2C1. The van der Waals surface area contributed by atoms with Gasteiger partial charge >= 0.3 is 0 Å². The molecule has 2 aliphatic carbocycles. The van der Waals surface area contributed by atoms with Gasteiger partial charge in [0.15, 0.2) is 0 Å². The minimum absolute atomic E-state index is 0.00342. The molecule has 2 fully saturated rings. The van der Waals surface area contributed by atoms with Crippen molar-refractivity contribution in [2.45, 2.75) is 13.3 Å². The fourth-order valence-corrected chi connectivity index (χ4v) is 4.78. The molecule has 0 aromatic heterocycles. The van der Waals surface area contributed by atoms with Gasteiger partial charge in [0, 0.05) is 5.39 Å². The number of aryl methyl sites for hydroxylation is 1. The lowest BCUT2D eigenvalue weighted by Crippen LogP contribution is -2.33. The monoisotopic (exact) mass is 303 g/mol. The average molecular weight is 303 g/mol. The number of imide groups is 1. The number of nitrogens with zero attached hydrogens (tertiary/aromatic N) is 1. The van der Waals surface area contributed by atoms with E-state index in [1.165, 1.54) is 4.90 Å². The zero-order valence-electron chi connectivity index (χ0n) is 12.9. The quantitative estimate of drug-likeness (QED) is 0.597. The van der Waals surface area contributed by atoms with Crippen LogP contribution in [0.5, 0.6) is 0 Å². The molecule has 1 saturated carbocycles. The van der Waals surface area contributed by atoms with Crippen molar-refractivity contribution in [3.63, 3.8) is 0 Å². The first kappa shape index (κ1) is 13.1. The first-order valence-electron chi connectivity index (χ1n) is 8.21. The highest BCUT2D eigenvalue weighted by molar-refractivity contribution is 6.26. The number of fused-ring (bicyclic) bond motifs is 6. The van der Waals surface area contributed by atoms with Gasteiger partial charge in [0.1, 0.15) is 0 Å². The second-order valence-electron chi connectivity index (χ2n) is 6.96. The van der Waals surface area contributed by atoms with Gasteiger partial charge in [0.2, 0.25) is 11.8 Å². The fourth-order valence-electron chi connectivity index (χ4n) is 4.78. The summed E-state index contributed by atoms with van der Waals surface area (Å²) >= 11 is 0. The van der Waals surface area contributed by atoms with Crippen molar-refractivity contribution in [1.82, 2.24) is 0 Å².